The van der Waals surface area contributed by atoms with Gasteiger partial charge in [-0.05, 0) is 35.4 Å². The normalized spacial score (nSPS) is 10.9. The molecule has 126 valence electrons. The Kier molecular flexibility index (Phi) is 3.48. The van der Waals surface area contributed by atoms with Crippen LogP contribution in [0, 0.1) is 6.57 Å². The summed E-state index contributed by atoms with van der Waals surface area (Å²) < 4.78 is 6.14. The second-order valence-corrected chi connectivity index (χ2v) is 6.37. The summed E-state index contributed by atoms with van der Waals surface area (Å²) in [7, 11) is 0. The van der Waals surface area contributed by atoms with Crippen LogP contribution in [-0.4, -0.2) is 4.98 Å². The van der Waals surface area contributed by atoms with Gasteiger partial charge in [-0.1, -0.05) is 54.6 Å². The van der Waals surface area contributed by atoms with Crippen LogP contribution in [-0.2, 0) is 0 Å². The number of para-hydroxylation sites is 1. The maximum absolute atomic E-state index is 7.21. The molecule has 0 aliphatic carbocycles. The molecule has 27 heavy (non-hydrogen) atoms. The number of aromatic nitrogens is 1. The molecule has 2 heterocycles. The van der Waals surface area contributed by atoms with E-state index in [1.807, 2.05) is 60.8 Å². The average Bonchev–Trinajstić information content (AvgIpc) is 3.12. The Bertz CT molecular complexity index is 1330. The van der Waals surface area contributed by atoms with Gasteiger partial charge in [0.05, 0.1) is 12.3 Å². The number of rotatable bonds is 2. The summed E-state index contributed by atoms with van der Waals surface area (Å²) in [6.07, 6.45) is 1.83. The molecule has 5 aromatic rings. The third-order valence-corrected chi connectivity index (χ3v) is 4.75. The molecule has 2 aromatic heterocycles. The number of nitrogens with zero attached hydrogens (tertiary/aromatic N) is 2. The van der Waals surface area contributed by atoms with Gasteiger partial charge in [-0.15, -0.1) is 0 Å². The van der Waals surface area contributed by atoms with Crippen molar-refractivity contribution in [3.8, 4) is 22.4 Å². The molecule has 0 aliphatic rings. The van der Waals surface area contributed by atoms with Crippen LogP contribution in [0.25, 0.3) is 49.2 Å². The highest BCUT2D eigenvalue weighted by atomic mass is 16.3. The Balaban J connectivity index is 1.73. The van der Waals surface area contributed by atoms with Gasteiger partial charge < -0.3 is 4.42 Å². The average molecular weight is 346 g/mol. The van der Waals surface area contributed by atoms with Crippen LogP contribution in [0.2, 0.25) is 0 Å². The Morgan fingerprint density at radius 1 is 0.778 bits per heavy atom. The van der Waals surface area contributed by atoms with Gasteiger partial charge in [-0.3, -0.25) is 4.98 Å². The maximum atomic E-state index is 7.21. The molecule has 0 bridgehead atoms. The third kappa shape index (κ3) is 2.56. The minimum Gasteiger partial charge on any atom is -0.457 e. The van der Waals surface area contributed by atoms with Crippen LogP contribution in [0.5, 0.6) is 0 Å². The van der Waals surface area contributed by atoms with Crippen LogP contribution in [0.4, 0.5) is 5.69 Å². The molecule has 0 aliphatic heterocycles. The predicted molar refractivity (Wildman–Crippen MR) is 109 cm³/mol. The highest BCUT2D eigenvalue weighted by molar-refractivity contribution is 6.10. The molecule has 3 heteroatoms. The van der Waals surface area contributed by atoms with E-state index in [0.29, 0.717) is 5.69 Å². The molecule has 3 nitrogen and oxygen atoms in total. The highest BCUT2D eigenvalue weighted by Gasteiger charge is 2.13. The number of pyridine rings is 1. The van der Waals surface area contributed by atoms with Crippen molar-refractivity contribution >= 4 is 27.6 Å². The highest BCUT2D eigenvalue weighted by Crippen LogP contribution is 2.37. The van der Waals surface area contributed by atoms with E-state index in [1.54, 1.807) is 6.07 Å². The fourth-order valence-corrected chi connectivity index (χ4v) is 3.45. The lowest BCUT2D eigenvalue weighted by Gasteiger charge is -2.06. The lowest BCUT2D eigenvalue weighted by atomic mass is 10.0. The zero-order chi connectivity index (χ0) is 18.2. The van der Waals surface area contributed by atoms with Crippen molar-refractivity contribution in [3.05, 3.63) is 96.5 Å². The van der Waals surface area contributed by atoms with E-state index in [-0.39, 0.29) is 0 Å². The molecular formula is C24H14N2O. The zero-order valence-electron chi connectivity index (χ0n) is 14.4. The van der Waals surface area contributed by atoms with Crippen molar-refractivity contribution in [2.75, 3.05) is 0 Å². The van der Waals surface area contributed by atoms with E-state index in [4.69, 9.17) is 11.0 Å². The lowest BCUT2D eigenvalue weighted by molar-refractivity contribution is 0.670. The summed E-state index contributed by atoms with van der Waals surface area (Å²) in [5, 5.41) is 2.05. The van der Waals surface area contributed by atoms with Crippen molar-refractivity contribution in [1.82, 2.24) is 4.98 Å². The van der Waals surface area contributed by atoms with Crippen LogP contribution in [0.1, 0.15) is 0 Å². The molecule has 0 radical (unpaired) electrons. The molecule has 0 amide bonds. The Hall–Kier alpha value is -3.90. The summed E-state index contributed by atoms with van der Waals surface area (Å²) in [5.41, 5.74) is 6.19. The largest absolute Gasteiger partial charge is 0.457 e. The fourth-order valence-electron chi connectivity index (χ4n) is 3.45. The molecule has 0 atom stereocenters. The van der Waals surface area contributed by atoms with Gasteiger partial charge in [0, 0.05) is 22.5 Å². The number of hydrogen-bond donors (Lipinski definition) is 0. The maximum Gasteiger partial charge on any atom is 0.190 e. The van der Waals surface area contributed by atoms with Crippen LogP contribution in [0.3, 0.4) is 0 Å². The van der Waals surface area contributed by atoms with E-state index in [2.05, 4.69) is 28.0 Å². The van der Waals surface area contributed by atoms with E-state index in [1.165, 1.54) is 0 Å². The van der Waals surface area contributed by atoms with Gasteiger partial charge in [0.1, 0.15) is 11.2 Å². The second-order valence-electron chi connectivity index (χ2n) is 6.37. The molecule has 0 N–H and O–H groups in total. The lowest BCUT2D eigenvalue weighted by Crippen LogP contribution is -1.86. The van der Waals surface area contributed by atoms with E-state index >= 15 is 0 Å². The van der Waals surface area contributed by atoms with Crippen molar-refractivity contribution in [3.63, 3.8) is 0 Å². The van der Waals surface area contributed by atoms with Crippen LogP contribution < -0.4 is 0 Å². The predicted octanol–water partition coefficient (Wildman–Crippen LogP) is 6.87. The van der Waals surface area contributed by atoms with E-state index < -0.39 is 0 Å². The summed E-state index contributed by atoms with van der Waals surface area (Å²) in [4.78, 5) is 8.07. The van der Waals surface area contributed by atoms with Crippen molar-refractivity contribution in [2.45, 2.75) is 0 Å². The summed E-state index contributed by atoms with van der Waals surface area (Å²) in [6, 6.07) is 26.0. The van der Waals surface area contributed by atoms with Crippen molar-refractivity contribution in [2.24, 2.45) is 0 Å². The topological polar surface area (TPSA) is 30.4 Å². The second kappa shape index (κ2) is 6.12. The first-order valence-corrected chi connectivity index (χ1v) is 8.68. The van der Waals surface area contributed by atoms with Gasteiger partial charge in [0.25, 0.3) is 0 Å². The van der Waals surface area contributed by atoms with Gasteiger partial charge >= 0.3 is 0 Å². The standard InChI is InChI=1S/C24H14N2O/c1-25-18-10-11-19-20-8-5-9-21(24(20)27-23(19)15-18)22-14-17(12-13-26-22)16-6-3-2-4-7-16/h2-15H. The molecule has 0 saturated carbocycles. The first-order chi connectivity index (χ1) is 13.3. The molecule has 5 rings (SSSR count). The number of fused-ring (bicyclic) bond motifs is 3. The molecular weight excluding hydrogens is 332 g/mol. The summed E-state index contributed by atoms with van der Waals surface area (Å²) in [6.45, 7) is 7.21. The molecule has 0 spiro atoms. The smallest absolute Gasteiger partial charge is 0.190 e. The Labute approximate surface area is 156 Å². The first kappa shape index (κ1) is 15.4. The molecule has 0 fully saturated rings. The zero-order valence-corrected chi connectivity index (χ0v) is 14.4. The van der Waals surface area contributed by atoms with Gasteiger partial charge in [-0.2, -0.15) is 0 Å². The van der Waals surface area contributed by atoms with E-state index in [0.717, 1.165) is 44.3 Å². The third-order valence-electron chi connectivity index (χ3n) is 4.75. The summed E-state index contributed by atoms with van der Waals surface area (Å²) in [5.74, 6) is 0. The number of benzene rings is 3. The van der Waals surface area contributed by atoms with Gasteiger partial charge in [0.15, 0.2) is 5.69 Å². The van der Waals surface area contributed by atoms with Gasteiger partial charge in [0.2, 0.25) is 0 Å². The first-order valence-electron chi connectivity index (χ1n) is 8.68. The van der Waals surface area contributed by atoms with Crippen molar-refractivity contribution in [1.29, 1.82) is 0 Å². The Morgan fingerprint density at radius 3 is 2.52 bits per heavy atom. The minimum atomic E-state index is 0.576. The van der Waals surface area contributed by atoms with E-state index in [9.17, 15) is 0 Å². The van der Waals surface area contributed by atoms with Gasteiger partial charge in [-0.25, -0.2) is 4.85 Å². The number of furan rings is 1. The summed E-state index contributed by atoms with van der Waals surface area (Å²) >= 11 is 0. The monoisotopic (exact) mass is 346 g/mol. The molecule has 0 unspecified atom stereocenters. The fraction of sp³-hybridized carbons (Fsp3) is 0. The Morgan fingerprint density at radius 2 is 1.67 bits per heavy atom. The van der Waals surface area contributed by atoms with Crippen LogP contribution in [0.15, 0.2) is 89.5 Å². The number of hydrogen-bond acceptors (Lipinski definition) is 2. The molecule has 0 saturated heterocycles. The molecule has 3 aromatic carbocycles. The van der Waals surface area contributed by atoms with Crippen molar-refractivity contribution < 1.29 is 4.42 Å². The quantitative estimate of drug-likeness (QED) is 0.327. The SMILES string of the molecule is [C-]#[N+]c1ccc2c(c1)oc1c(-c3cc(-c4ccccc4)ccn3)cccc12. The van der Waals surface area contributed by atoms with Crippen LogP contribution >= 0.6 is 0 Å². The minimum absolute atomic E-state index is 0.576.